The number of nitrogens with one attached hydrogen (secondary N) is 1. The van der Waals surface area contributed by atoms with Crippen molar-refractivity contribution in [2.45, 2.75) is 26.8 Å². The van der Waals surface area contributed by atoms with Crippen LogP contribution in [0.15, 0.2) is 6.33 Å². The molecule has 0 amide bonds. The molecular formula is C7H13N3S. The molecule has 1 N–H and O–H groups in total. The van der Waals surface area contributed by atoms with E-state index in [-0.39, 0.29) is 0 Å². The van der Waals surface area contributed by atoms with Crippen LogP contribution >= 0.6 is 11.5 Å². The Bertz CT molecular complexity index is 195. The van der Waals surface area contributed by atoms with Gasteiger partial charge >= 0.3 is 0 Å². The van der Waals surface area contributed by atoms with E-state index in [0.717, 1.165) is 5.13 Å². The molecule has 0 aliphatic rings. The lowest BCUT2D eigenvalue weighted by Gasteiger charge is -2.15. The van der Waals surface area contributed by atoms with E-state index >= 15 is 0 Å². The molecule has 0 radical (unpaired) electrons. The molecule has 1 rings (SSSR count). The molecule has 0 saturated carbocycles. The summed E-state index contributed by atoms with van der Waals surface area (Å²) in [6.07, 6.45) is 1.57. The molecule has 0 spiro atoms. The van der Waals surface area contributed by atoms with E-state index in [1.807, 2.05) is 0 Å². The van der Waals surface area contributed by atoms with Gasteiger partial charge in [0.15, 0.2) is 0 Å². The van der Waals surface area contributed by atoms with Crippen LogP contribution in [0.25, 0.3) is 0 Å². The van der Waals surface area contributed by atoms with Gasteiger partial charge in [0.2, 0.25) is 5.13 Å². The molecule has 0 aliphatic carbocycles. The van der Waals surface area contributed by atoms with Crippen LogP contribution in [0.5, 0.6) is 0 Å². The molecule has 0 aromatic carbocycles. The van der Waals surface area contributed by atoms with Gasteiger partial charge in [-0.1, -0.05) is 13.8 Å². The summed E-state index contributed by atoms with van der Waals surface area (Å²) in [5.41, 5.74) is 0. The van der Waals surface area contributed by atoms with Gasteiger partial charge in [-0.05, 0) is 12.8 Å². The Labute approximate surface area is 71.0 Å². The van der Waals surface area contributed by atoms with Crippen molar-refractivity contribution in [3.05, 3.63) is 6.33 Å². The highest BCUT2D eigenvalue weighted by molar-refractivity contribution is 7.09. The number of nitrogens with zero attached hydrogens (tertiary/aromatic N) is 2. The standard InChI is InChI=1S/C7H13N3S/c1-5(2)6(3)10-7-8-4-9-11-7/h4-6H,1-3H3,(H,8,9,10). The van der Waals surface area contributed by atoms with Gasteiger partial charge in [-0.2, -0.15) is 4.37 Å². The Hall–Kier alpha value is -0.640. The predicted octanol–water partition coefficient (Wildman–Crippen LogP) is 1.99. The quantitative estimate of drug-likeness (QED) is 0.755. The average Bonchev–Trinajstić information content (AvgIpc) is 2.39. The summed E-state index contributed by atoms with van der Waals surface area (Å²) < 4.78 is 3.90. The maximum Gasteiger partial charge on any atom is 0.202 e. The molecule has 0 saturated heterocycles. The van der Waals surface area contributed by atoms with Crippen LogP contribution in [0.2, 0.25) is 0 Å². The van der Waals surface area contributed by atoms with Crippen molar-refractivity contribution in [3.63, 3.8) is 0 Å². The maximum absolute atomic E-state index is 4.03. The summed E-state index contributed by atoms with van der Waals surface area (Å²) in [6, 6.07) is 0.461. The van der Waals surface area contributed by atoms with Crippen LogP contribution in [0.1, 0.15) is 20.8 Å². The smallest absolute Gasteiger partial charge is 0.202 e. The Morgan fingerprint density at radius 2 is 2.18 bits per heavy atom. The monoisotopic (exact) mass is 171 g/mol. The molecule has 1 aromatic rings. The van der Waals surface area contributed by atoms with E-state index in [0.29, 0.717) is 12.0 Å². The van der Waals surface area contributed by atoms with E-state index in [9.17, 15) is 0 Å². The summed E-state index contributed by atoms with van der Waals surface area (Å²) in [7, 11) is 0. The number of aromatic nitrogens is 2. The highest BCUT2D eigenvalue weighted by Gasteiger charge is 2.07. The molecule has 1 heterocycles. The van der Waals surface area contributed by atoms with Gasteiger partial charge < -0.3 is 5.32 Å². The minimum Gasteiger partial charge on any atom is -0.358 e. The Kier molecular flexibility index (Phi) is 2.82. The molecule has 1 atom stereocenters. The molecule has 62 valence electrons. The van der Waals surface area contributed by atoms with Gasteiger partial charge in [0.05, 0.1) is 0 Å². The second-order valence-electron chi connectivity index (χ2n) is 2.92. The van der Waals surface area contributed by atoms with E-state index in [1.54, 1.807) is 6.33 Å². The lowest BCUT2D eigenvalue weighted by Crippen LogP contribution is -2.21. The Balaban J connectivity index is 2.43. The molecule has 1 unspecified atom stereocenters. The van der Waals surface area contributed by atoms with Crippen LogP contribution in [0.3, 0.4) is 0 Å². The van der Waals surface area contributed by atoms with Crippen molar-refractivity contribution < 1.29 is 0 Å². The van der Waals surface area contributed by atoms with E-state index in [2.05, 4.69) is 35.4 Å². The lowest BCUT2D eigenvalue weighted by atomic mass is 10.1. The molecule has 0 bridgehead atoms. The van der Waals surface area contributed by atoms with Gasteiger partial charge in [-0.25, -0.2) is 4.98 Å². The van der Waals surface area contributed by atoms with Gasteiger partial charge in [-0.15, -0.1) is 0 Å². The van der Waals surface area contributed by atoms with E-state index in [1.165, 1.54) is 11.5 Å². The summed E-state index contributed by atoms with van der Waals surface area (Å²) in [5.74, 6) is 0.624. The fraction of sp³-hybridized carbons (Fsp3) is 0.714. The van der Waals surface area contributed by atoms with E-state index < -0.39 is 0 Å². The summed E-state index contributed by atoms with van der Waals surface area (Å²) in [6.45, 7) is 6.50. The highest BCUT2D eigenvalue weighted by atomic mass is 32.1. The lowest BCUT2D eigenvalue weighted by molar-refractivity contribution is 0.559. The molecule has 0 aliphatic heterocycles. The molecule has 11 heavy (non-hydrogen) atoms. The molecule has 0 fully saturated rings. The third-order valence-electron chi connectivity index (χ3n) is 1.71. The third-order valence-corrected chi connectivity index (χ3v) is 2.31. The first kappa shape index (κ1) is 8.46. The second kappa shape index (κ2) is 3.67. The zero-order valence-electron chi connectivity index (χ0n) is 7.03. The fourth-order valence-corrected chi connectivity index (χ4v) is 1.13. The first-order valence-electron chi connectivity index (χ1n) is 3.73. The van der Waals surface area contributed by atoms with Gasteiger partial charge in [0.1, 0.15) is 6.33 Å². The Morgan fingerprint density at radius 1 is 1.45 bits per heavy atom. The minimum atomic E-state index is 0.461. The van der Waals surface area contributed by atoms with Crippen LogP contribution in [-0.2, 0) is 0 Å². The van der Waals surface area contributed by atoms with Crippen LogP contribution in [-0.4, -0.2) is 15.4 Å². The van der Waals surface area contributed by atoms with Crippen molar-refractivity contribution in [2.24, 2.45) is 5.92 Å². The summed E-state index contributed by atoms with van der Waals surface area (Å²) in [4.78, 5) is 4.03. The van der Waals surface area contributed by atoms with Crippen molar-refractivity contribution in [1.29, 1.82) is 0 Å². The SMILES string of the molecule is CC(C)C(C)Nc1ncns1. The Morgan fingerprint density at radius 3 is 2.64 bits per heavy atom. The fourth-order valence-electron chi connectivity index (χ4n) is 0.598. The number of anilines is 1. The maximum atomic E-state index is 4.03. The average molecular weight is 171 g/mol. The van der Waals surface area contributed by atoms with Crippen molar-refractivity contribution in [2.75, 3.05) is 5.32 Å². The predicted molar refractivity (Wildman–Crippen MR) is 47.8 cm³/mol. The van der Waals surface area contributed by atoms with Crippen LogP contribution < -0.4 is 5.32 Å². The van der Waals surface area contributed by atoms with Crippen molar-refractivity contribution >= 4 is 16.7 Å². The van der Waals surface area contributed by atoms with Crippen LogP contribution in [0.4, 0.5) is 5.13 Å². The molecule has 3 nitrogen and oxygen atoms in total. The minimum absolute atomic E-state index is 0.461. The first-order valence-corrected chi connectivity index (χ1v) is 4.50. The second-order valence-corrected chi connectivity index (χ2v) is 3.70. The topological polar surface area (TPSA) is 37.8 Å². The third kappa shape index (κ3) is 2.46. The van der Waals surface area contributed by atoms with E-state index in [4.69, 9.17) is 0 Å². The first-order chi connectivity index (χ1) is 5.20. The number of hydrogen-bond donors (Lipinski definition) is 1. The molecule has 1 aromatic heterocycles. The van der Waals surface area contributed by atoms with Crippen LogP contribution in [0, 0.1) is 5.92 Å². The number of hydrogen-bond acceptors (Lipinski definition) is 4. The largest absolute Gasteiger partial charge is 0.358 e. The van der Waals surface area contributed by atoms with Gasteiger partial charge in [0, 0.05) is 17.6 Å². The summed E-state index contributed by atoms with van der Waals surface area (Å²) in [5, 5.41) is 4.17. The zero-order valence-corrected chi connectivity index (χ0v) is 7.85. The normalized spacial score (nSPS) is 13.5. The van der Waals surface area contributed by atoms with Crippen molar-refractivity contribution in [3.8, 4) is 0 Å². The highest BCUT2D eigenvalue weighted by Crippen LogP contribution is 2.12. The van der Waals surface area contributed by atoms with Gasteiger partial charge in [-0.3, -0.25) is 0 Å². The molecule has 4 heteroatoms. The number of rotatable bonds is 3. The summed E-state index contributed by atoms with van der Waals surface area (Å²) >= 11 is 1.40. The zero-order chi connectivity index (χ0) is 8.27. The molecular weight excluding hydrogens is 158 g/mol. The van der Waals surface area contributed by atoms with Gasteiger partial charge in [0.25, 0.3) is 0 Å². The van der Waals surface area contributed by atoms with Crippen molar-refractivity contribution in [1.82, 2.24) is 9.36 Å².